The second-order valence-corrected chi connectivity index (χ2v) is 7.55. The molecule has 3 aromatic carbocycles. The number of nitrogens with zero attached hydrogens (tertiary/aromatic N) is 1. The van der Waals surface area contributed by atoms with E-state index in [4.69, 9.17) is 10.5 Å². The van der Waals surface area contributed by atoms with Crippen molar-refractivity contribution in [3.63, 3.8) is 0 Å². The summed E-state index contributed by atoms with van der Waals surface area (Å²) in [6.45, 7) is 0.0558. The first-order valence-electron chi connectivity index (χ1n) is 9.96. The summed E-state index contributed by atoms with van der Waals surface area (Å²) >= 11 is 0. The molecule has 0 aliphatic carbocycles. The number of nitrogens with two attached hydrogens (primary N) is 1. The van der Waals surface area contributed by atoms with Gasteiger partial charge in [0, 0.05) is 12.3 Å². The van der Waals surface area contributed by atoms with Crippen LogP contribution < -0.4 is 5.73 Å². The molecule has 4 rings (SSSR count). The summed E-state index contributed by atoms with van der Waals surface area (Å²) in [6, 6.07) is 20.4. The highest BCUT2D eigenvalue weighted by Crippen LogP contribution is 2.32. The van der Waals surface area contributed by atoms with Crippen molar-refractivity contribution in [1.29, 1.82) is 0 Å². The number of carboxylic acids is 1. The smallest absolute Gasteiger partial charge is 0.417 e. The van der Waals surface area contributed by atoms with Crippen LogP contribution in [0, 0.1) is 0 Å². The van der Waals surface area contributed by atoms with Gasteiger partial charge in [-0.15, -0.1) is 0 Å². The summed E-state index contributed by atoms with van der Waals surface area (Å²) in [5.41, 5.74) is 7.38. The van der Waals surface area contributed by atoms with Crippen LogP contribution in [0.5, 0.6) is 0 Å². The number of hydrogen-bond donors (Lipinski definition) is 2. The molecule has 0 radical (unpaired) electrons. The van der Waals surface area contributed by atoms with E-state index in [1.165, 1.54) is 0 Å². The molecular weight excluding hydrogens is 396 g/mol. The third-order valence-corrected chi connectivity index (χ3v) is 5.64. The monoisotopic (exact) mass is 418 g/mol. The van der Waals surface area contributed by atoms with Crippen LogP contribution in [0.3, 0.4) is 0 Å². The van der Waals surface area contributed by atoms with Crippen LogP contribution in [0.1, 0.15) is 29.5 Å². The fraction of sp³-hybridized carbons (Fsp3) is 0.208. The number of amides is 2. The number of benzene rings is 3. The molecule has 0 spiro atoms. The maximum Gasteiger partial charge on any atom is 0.417 e. The molecule has 2 amide bonds. The Morgan fingerprint density at radius 2 is 1.71 bits per heavy atom. The second kappa shape index (κ2) is 8.57. The molecule has 158 valence electrons. The van der Waals surface area contributed by atoms with Gasteiger partial charge in [0.25, 0.3) is 0 Å². The number of ether oxygens (including phenoxy) is 1. The Kier molecular flexibility index (Phi) is 5.68. The highest BCUT2D eigenvalue weighted by molar-refractivity contribution is 5.94. The quantitative estimate of drug-likeness (QED) is 0.635. The van der Waals surface area contributed by atoms with Gasteiger partial charge < -0.3 is 15.6 Å². The number of cyclic esters (lactones) is 1. The average molecular weight is 418 g/mol. The van der Waals surface area contributed by atoms with Gasteiger partial charge in [-0.05, 0) is 21.9 Å². The highest BCUT2D eigenvalue weighted by atomic mass is 16.6. The van der Waals surface area contributed by atoms with Crippen LogP contribution in [-0.4, -0.2) is 40.6 Å². The first-order chi connectivity index (χ1) is 15.0. The minimum absolute atomic E-state index is 0.0558. The van der Waals surface area contributed by atoms with Gasteiger partial charge in [-0.3, -0.25) is 9.59 Å². The molecule has 0 unspecified atom stereocenters. The Hall–Kier alpha value is -3.71. The van der Waals surface area contributed by atoms with Crippen molar-refractivity contribution in [1.82, 2.24) is 4.90 Å². The molecule has 31 heavy (non-hydrogen) atoms. The number of aliphatic carboxylic acids is 1. The zero-order valence-electron chi connectivity index (χ0n) is 16.7. The first kappa shape index (κ1) is 20.6. The van der Waals surface area contributed by atoms with Crippen molar-refractivity contribution in [2.75, 3.05) is 6.61 Å². The number of carbonyl (C=O) groups is 3. The molecule has 3 atom stereocenters. The molecule has 0 aromatic heterocycles. The lowest BCUT2D eigenvalue weighted by Gasteiger charge is -2.25. The molecule has 1 heterocycles. The van der Waals surface area contributed by atoms with E-state index in [2.05, 4.69) is 0 Å². The summed E-state index contributed by atoms with van der Waals surface area (Å²) in [5, 5.41) is 11.5. The molecule has 7 heteroatoms. The van der Waals surface area contributed by atoms with Crippen molar-refractivity contribution in [3.8, 4) is 0 Å². The Balaban J connectivity index is 1.65. The van der Waals surface area contributed by atoms with Gasteiger partial charge in [-0.1, -0.05) is 72.8 Å². The van der Waals surface area contributed by atoms with Crippen molar-refractivity contribution >= 4 is 28.7 Å². The highest BCUT2D eigenvalue weighted by Gasteiger charge is 2.40. The number of carboxylic acid groups (broad SMARTS) is 1. The normalized spacial score (nSPS) is 17.9. The molecule has 3 aromatic rings. The number of fused-ring (bicyclic) bond motifs is 1. The van der Waals surface area contributed by atoms with Gasteiger partial charge in [0.15, 0.2) is 0 Å². The van der Waals surface area contributed by atoms with Gasteiger partial charge in [0.2, 0.25) is 5.91 Å². The Morgan fingerprint density at radius 1 is 1.03 bits per heavy atom. The van der Waals surface area contributed by atoms with Crippen LogP contribution in [0.4, 0.5) is 4.79 Å². The van der Waals surface area contributed by atoms with Crippen molar-refractivity contribution in [3.05, 3.63) is 83.9 Å². The predicted octanol–water partition coefficient (Wildman–Crippen LogP) is 3.45. The second-order valence-electron chi connectivity index (χ2n) is 7.55. The predicted molar refractivity (Wildman–Crippen MR) is 114 cm³/mol. The van der Waals surface area contributed by atoms with Crippen molar-refractivity contribution in [2.45, 2.75) is 24.4 Å². The minimum atomic E-state index is -1.31. The van der Waals surface area contributed by atoms with Crippen molar-refractivity contribution in [2.24, 2.45) is 5.73 Å². The molecule has 1 saturated heterocycles. The zero-order valence-corrected chi connectivity index (χ0v) is 16.7. The fourth-order valence-corrected chi connectivity index (χ4v) is 3.97. The van der Waals surface area contributed by atoms with E-state index in [1.54, 1.807) is 6.07 Å². The summed E-state index contributed by atoms with van der Waals surface area (Å²) in [7, 11) is 0. The lowest BCUT2D eigenvalue weighted by atomic mass is 9.87. The largest absolute Gasteiger partial charge is 0.480 e. The van der Waals surface area contributed by atoms with E-state index in [0.29, 0.717) is 5.56 Å². The van der Waals surface area contributed by atoms with Gasteiger partial charge in [-0.2, -0.15) is 0 Å². The molecule has 0 bridgehead atoms. The maximum absolute atomic E-state index is 13.2. The molecular formula is C24H22N2O5. The van der Waals surface area contributed by atoms with E-state index in [1.807, 2.05) is 66.7 Å². The van der Waals surface area contributed by atoms with Crippen LogP contribution in [0.2, 0.25) is 0 Å². The Bertz CT molecular complexity index is 1130. The lowest BCUT2D eigenvalue weighted by Crippen LogP contribution is -2.41. The van der Waals surface area contributed by atoms with Gasteiger partial charge in [0.05, 0.1) is 0 Å². The molecule has 1 fully saturated rings. The summed E-state index contributed by atoms with van der Waals surface area (Å²) < 4.78 is 5.13. The van der Waals surface area contributed by atoms with Crippen LogP contribution in [0.25, 0.3) is 10.8 Å². The molecule has 7 nitrogen and oxygen atoms in total. The average Bonchev–Trinajstić information content (AvgIpc) is 3.18. The standard InChI is InChI=1S/C24H22N2O5/c25-22(23(28)29)19(18-11-10-15-6-4-5-9-17(15)12-18)13-21(27)26-20(14-31-24(26)30)16-7-2-1-3-8-16/h1-12,19-20,22H,13-14,25H2,(H,28,29)/t19-,20-,22+/m1/s1. The molecule has 1 aliphatic rings. The topological polar surface area (TPSA) is 110 Å². The van der Waals surface area contributed by atoms with E-state index in [0.717, 1.165) is 21.2 Å². The van der Waals surface area contributed by atoms with Crippen LogP contribution in [-0.2, 0) is 14.3 Å². The Labute approximate surface area is 179 Å². The maximum atomic E-state index is 13.2. The summed E-state index contributed by atoms with van der Waals surface area (Å²) in [6.07, 6.45) is -0.968. The number of hydrogen-bond acceptors (Lipinski definition) is 5. The van der Waals surface area contributed by atoms with E-state index in [-0.39, 0.29) is 13.0 Å². The van der Waals surface area contributed by atoms with Crippen molar-refractivity contribution < 1.29 is 24.2 Å². The van der Waals surface area contributed by atoms with Crippen LogP contribution in [0.15, 0.2) is 72.8 Å². The summed E-state index contributed by atoms with van der Waals surface area (Å²) in [4.78, 5) is 38.3. The molecule has 0 saturated carbocycles. The summed E-state index contributed by atoms with van der Waals surface area (Å²) in [5.74, 6) is -2.54. The minimum Gasteiger partial charge on any atom is -0.480 e. The zero-order chi connectivity index (χ0) is 22.0. The Morgan fingerprint density at radius 3 is 2.42 bits per heavy atom. The number of imide groups is 1. The third-order valence-electron chi connectivity index (χ3n) is 5.64. The van der Waals surface area contributed by atoms with Gasteiger partial charge in [0.1, 0.15) is 18.7 Å². The van der Waals surface area contributed by atoms with Crippen LogP contribution >= 0.6 is 0 Å². The fourth-order valence-electron chi connectivity index (χ4n) is 3.97. The third kappa shape index (κ3) is 4.13. The lowest BCUT2D eigenvalue weighted by molar-refractivity contribution is -0.139. The van der Waals surface area contributed by atoms with E-state index in [9.17, 15) is 19.5 Å². The first-order valence-corrected chi connectivity index (χ1v) is 9.96. The number of carbonyl (C=O) groups excluding carboxylic acids is 2. The molecule has 1 aliphatic heterocycles. The number of rotatable bonds is 6. The molecule has 3 N–H and O–H groups in total. The SMILES string of the molecule is N[C@H](C(=O)O)[C@H](CC(=O)N1C(=O)OC[C@@H]1c1ccccc1)c1ccc2ccccc2c1. The van der Waals surface area contributed by atoms with Gasteiger partial charge in [-0.25, -0.2) is 9.69 Å². The van der Waals surface area contributed by atoms with E-state index < -0.39 is 36.0 Å². The van der Waals surface area contributed by atoms with Gasteiger partial charge >= 0.3 is 12.1 Å². The van der Waals surface area contributed by atoms with E-state index >= 15 is 0 Å².